The topological polar surface area (TPSA) is 168 Å². The molecule has 4 aromatic rings. The van der Waals surface area contributed by atoms with Crippen LogP contribution in [0.15, 0.2) is 53.7 Å². The number of halogens is 1. The number of hydrogen-bond acceptors (Lipinski definition) is 11. The molecular formula is C29H27ClN6O7S2. The van der Waals surface area contributed by atoms with E-state index in [0.717, 1.165) is 41.5 Å². The summed E-state index contributed by atoms with van der Waals surface area (Å²) in [5.41, 5.74) is 1.74. The van der Waals surface area contributed by atoms with E-state index in [1.54, 1.807) is 35.8 Å². The molecule has 2 heterocycles. The minimum atomic E-state index is -0.511. The van der Waals surface area contributed by atoms with E-state index < -0.39 is 16.8 Å². The van der Waals surface area contributed by atoms with Crippen molar-refractivity contribution in [3.8, 4) is 11.4 Å². The van der Waals surface area contributed by atoms with Gasteiger partial charge in [0.05, 0.1) is 29.4 Å². The van der Waals surface area contributed by atoms with E-state index in [1.807, 2.05) is 0 Å². The van der Waals surface area contributed by atoms with Crippen LogP contribution in [0.3, 0.4) is 0 Å². The van der Waals surface area contributed by atoms with Gasteiger partial charge in [-0.25, -0.2) is 4.79 Å². The number of aromatic nitrogens is 3. The van der Waals surface area contributed by atoms with Crippen LogP contribution in [-0.2, 0) is 33.7 Å². The van der Waals surface area contributed by atoms with E-state index in [1.165, 1.54) is 35.6 Å². The van der Waals surface area contributed by atoms with E-state index in [9.17, 15) is 24.5 Å². The van der Waals surface area contributed by atoms with E-state index in [4.69, 9.17) is 21.1 Å². The van der Waals surface area contributed by atoms with Gasteiger partial charge >= 0.3 is 5.97 Å². The van der Waals surface area contributed by atoms with Crippen molar-refractivity contribution in [3.05, 3.63) is 85.5 Å². The average molecular weight is 671 g/mol. The van der Waals surface area contributed by atoms with Gasteiger partial charge in [0.2, 0.25) is 5.91 Å². The fourth-order valence-corrected chi connectivity index (χ4v) is 6.79. The molecule has 2 aromatic heterocycles. The maximum absolute atomic E-state index is 13.1. The van der Waals surface area contributed by atoms with Gasteiger partial charge in [-0.3, -0.25) is 24.3 Å². The normalized spacial score (nSPS) is 12.0. The Morgan fingerprint density at radius 1 is 1.09 bits per heavy atom. The second-order valence-corrected chi connectivity index (χ2v) is 12.1. The SMILES string of the molecule is CCOC(=O)c1c(NC(=O)CSc2nnc(CNC(=O)COc3ccc(Cl)cc3)n2-c2ccc([N+](=O)[O-])cc2)sc2c1CCC2. The number of esters is 1. The number of nitro benzene ring substituents is 1. The molecule has 0 atom stereocenters. The Bertz CT molecular complexity index is 1720. The van der Waals surface area contributed by atoms with Crippen molar-refractivity contribution in [1.82, 2.24) is 20.1 Å². The Labute approximate surface area is 270 Å². The van der Waals surface area contributed by atoms with Crippen molar-refractivity contribution >= 4 is 63.2 Å². The first-order chi connectivity index (χ1) is 21.7. The molecule has 2 amide bonds. The molecule has 0 saturated heterocycles. The minimum Gasteiger partial charge on any atom is -0.484 e. The van der Waals surface area contributed by atoms with Crippen LogP contribution in [0.5, 0.6) is 5.75 Å². The van der Waals surface area contributed by atoms with E-state index in [0.29, 0.717) is 38.0 Å². The molecule has 1 aliphatic carbocycles. The molecule has 0 bridgehead atoms. The van der Waals surface area contributed by atoms with Crippen LogP contribution in [0.1, 0.15) is 40.0 Å². The number of hydrogen-bond donors (Lipinski definition) is 2. The van der Waals surface area contributed by atoms with Crippen LogP contribution in [0.2, 0.25) is 5.02 Å². The second kappa shape index (κ2) is 14.5. The lowest BCUT2D eigenvalue weighted by molar-refractivity contribution is -0.384. The zero-order valence-electron chi connectivity index (χ0n) is 23.9. The molecule has 2 N–H and O–H groups in total. The molecule has 234 valence electrons. The van der Waals surface area contributed by atoms with Crippen LogP contribution >= 0.6 is 34.7 Å². The smallest absolute Gasteiger partial charge is 0.341 e. The minimum absolute atomic E-state index is 0.0385. The molecule has 0 fully saturated rings. The van der Waals surface area contributed by atoms with Gasteiger partial charge < -0.3 is 20.1 Å². The van der Waals surface area contributed by atoms with E-state index in [-0.39, 0.29) is 37.1 Å². The average Bonchev–Trinajstić information content (AvgIpc) is 3.73. The number of rotatable bonds is 13. The molecule has 5 rings (SSSR count). The van der Waals surface area contributed by atoms with Crippen molar-refractivity contribution in [3.63, 3.8) is 0 Å². The number of nitro groups is 1. The highest BCUT2D eigenvalue weighted by Crippen LogP contribution is 2.39. The number of carbonyl (C=O) groups is 3. The van der Waals surface area contributed by atoms with Crippen molar-refractivity contribution in [2.75, 3.05) is 24.3 Å². The zero-order valence-corrected chi connectivity index (χ0v) is 26.3. The Kier molecular flexibility index (Phi) is 10.3. The van der Waals surface area contributed by atoms with Crippen LogP contribution in [-0.4, -0.2) is 56.4 Å². The summed E-state index contributed by atoms with van der Waals surface area (Å²) >= 11 is 8.35. The fraction of sp³-hybridized carbons (Fsp3) is 0.276. The molecule has 13 nitrogen and oxygen atoms in total. The number of fused-ring (bicyclic) bond motifs is 1. The van der Waals surface area contributed by atoms with Gasteiger partial charge in [0.15, 0.2) is 17.6 Å². The summed E-state index contributed by atoms with van der Waals surface area (Å²) in [5, 5.41) is 26.5. The highest BCUT2D eigenvalue weighted by atomic mass is 35.5. The van der Waals surface area contributed by atoms with Crippen molar-refractivity contribution in [2.24, 2.45) is 0 Å². The summed E-state index contributed by atoms with van der Waals surface area (Å²) in [5.74, 6) is -0.511. The summed E-state index contributed by atoms with van der Waals surface area (Å²) in [6.07, 6.45) is 2.56. The van der Waals surface area contributed by atoms with Gasteiger partial charge in [0, 0.05) is 27.7 Å². The number of benzene rings is 2. The van der Waals surface area contributed by atoms with Crippen LogP contribution in [0.4, 0.5) is 10.7 Å². The molecule has 45 heavy (non-hydrogen) atoms. The molecule has 16 heteroatoms. The summed E-state index contributed by atoms with van der Waals surface area (Å²) in [6, 6.07) is 12.3. The lowest BCUT2D eigenvalue weighted by Crippen LogP contribution is -2.29. The molecular weight excluding hydrogens is 644 g/mol. The summed E-state index contributed by atoms with van der Waals surface area (Å²) in [7, 11) is 0. The molecule has 0 spiro atoms. The number of non-ortho nitro benzene ring substituents is 1. The third-order valence-electron chi connectivity index (χ3n) is 6.63. The zero-order chi connectivity index (χ0) is 31.9. The highest BCUT2D eigenvalue weighted by Gasteiger charge is 2.28. The number of nitrogens with zero attached hydrogens (tertiary/aromatic N) is 4. The first-order valence-electron chi connectivity index (χ1n) is 13.8. The Morgan fingerprint density at radius 2 is 1.84 bits per heavy atom. The number of anilines is 1. The van der Waals surface area contributed by atoms with Crippen molar-refractivity contribution < 1.29 is 28.8 Å². The molecule has 0 aliphatic heterocycles. The summed E-state index contributed by atoms with van der Waals surface area (Å²) < 4.78 is 12.3. The standard InChI is InChI=1S/C29H27ClN6O7S2/c1-2-42-28(39)26-21-4-3-5-22(21)45-27(26)32-25(38)16-44-29-34-33-23(35(29)18-8-10-19(11-9-18)36(40)41)14-31-24(37)15-43-20-12-6-17(30)7-13-20/h6-13H,2-5,14-16H2,1H3,(H,31,37)(H,32,38). The van der Waals surface area contributed by atoms with Crippen LogP contribution in [0, 0.1) is 10.1 Å². The Morgan fingerprint density at radius 3 is 2.56 bits per heavy atom. The Hall–Kier alpha value is -4.47. The molecule has 1 aliphatic rings. The number of nitrogens with one attached hydrogen (secondary N) is 2. The maximum Gasteiger partial charge on any atom is 0.341 e. The van der Waals surface area contributed by atoms with Gasteiger partial charge in [0.25, 0.3) is 11.6 Å². The monoisotopic (exact) mass is 670 g/mol. The van der Waals surface area contributed by atoms with Gasteiger partial charge in [-0.2, -0.15) is 0 Å². The Balaban J connectivity index is 1.29. The number of thioether (sulfide) groups is 1. The largest absolute Gasteiger partial charge is 0.484 e. The number of thiophene rings is 1. The number of amides is 2. The third kappa shape index (κ3) is 7.79. The molecule has 0 radical (unpaired) electrons. The molecule has 0 saturated carbocycles. The van der Waals surface area contributed by atoms with Crippen LogP contribution in [0.25, 0.3) is 5.69 Å². The van der Waals surface area contributed by atoms with Crippen molar-refractivity contribution in [2.45, 2.75) is 37.9 Å². The summed E-state index contributed by atoms with van der Waals surface area (Å²) in [6.45, 7) is 1.66. The number of carbonyl (C=O) groups excluding carboxylic acids is 3. The van der Waals surface area contributed by atoms with Gasteiger partial charge in [-0.05, 0) is 68.1 Å². The number of aryl methyl sites for hydroxylation is 1. The predicted octanol–water partition coefficient (Wildman–Crippen LogP) is 4.98. The fourth-order valence-electron chi connectivity index (χ4n) is 4.60. The first-order valence-corrected chi connectivity index (χ1v) is 16.0. The lowest BCUT2D eigenvalue weighted by Gasteiger charge is -2.12. The number of ether oxygens (including phenoxy) is 2. The molecule has 0 unspecified atom stereocenters. The highest BCUT2D eigenvalue weighted by molar-refractivity contribution is 7.99. The third-order valence-corrected chi connectivity index (χ3v) is 9.02. The van der Waals surface area contributed by atoms with E-state index >= 15 is 0 Å². The quantitative estimate of drug-likeness (QED) is 0.0856. The summed E-state index contributed by atoms with van der Waals surface area (Å²) in [4.78, 5) is 50.0. The lowest BCUT2D eigenvalue weighted by atomic mass is 10.1. The van der Waals surface area contributed by atoms with Gasteiger partial charge in [-0.1, -0.05) is 23.4 Å². The van der Waals surface area contributed by atoms with Gasteiger partial charge in [-0.15, -0.1) is 21.5 Å². The molecule has 2 aromatic carbocycles. The predicted molar refractivity (Wildman–Crippen MR) is 168 cm³/mol. The first kappa shape index (κ1) is 31.9. The van der Waals surface area contributed by atoms with Crippen molar-refractivity contribution in [1.29, 1.82) is 0 Å². The second-order valence-electron chi connectivity index (χ2n) is 9.65. The van der Waals surface area contributed by atoms with Gasteiger partial charge in [0.1, 0.15) is 10.8 Å². The van der Waals surface area contributed by atoms with Crippen LogP contribution < -0.4 is 15.4 Å². The van der Waals surface area contributed by atoms with E-state index in [2.05, 4.69) is 20.8 Å². The maximum atomic E-state index is 13.1.